The number of unbranched alkanes of at least 4 members (excludes halogenated alkanes) is 1. The summed E-state index contributed by atoms with van der Waals surface area (Å²) in [6, 6.07) is 22.6. The van der Waals surface area contributed by atoms with E-state index in [0.29, 0.717) is 18.7 Å². The van der Waals surface area contributed by atoms with Crippen molar-refractivity contribution in [3.8, 4) is 0 Å². The summed E-state index contributed by atoms with van der Waals surface area (Å²) in [6.45, 7) is 7.80. The molecule has 0 spiro atoms. The second-order valence-electron chi connectivity index (χ2n) is 9.75. The average molecular weight is 550 g/mol. The van der Waals surface area contributed by atoms with Gasteiger partial charge in [-0.1, -0.05) is 79.6 Å². The largest absolute Gasteiger partial charge is 0.354 e. The van der Waals surface area contributed by atoms with Crippen LogP contribution in [0.15, 0.2) is 83.8 Å². The summed E-state index contributed by atoms with van der Waals surface area (Å²) in [7, 11) is -4.07. The molecule has 0 aliphatic heterocycles. The van der Waals surface area contributed by atoms with Gasteiger partial charge in [-0.15, -0.1) is 0 Å². The predicted molar refractivity (Wildman–Crippen MR) is 156 cm³/mol. The van der Waals surface area contributed by atoms with Crippen LogP contribution in [-0.4, -0.2) is 50.8 Å². The van der Waals surface area contributed by atoms with Crippen LogP contribution in [0.3, 0.4) is 0 Å². The van der Waals surface area contributed by atoms with Crippen molar-refractivity contribution in [3.05, 3.63) is 95.6 Å². The molecule has 0 aliphatic carbocycles. The molecule has 0 saturated heterocycles. The Kier molecular flexibility index (Phi) is 10.7. The Labute approximate surface area is 232 Å². The third kappa shape index (κ3) is 7.93. The van der Waals surface area contributed by atoms with Crippen LogP contribution in [0.4, 0.5) is 5.69 Å². The summed E-state index contributed by atoms with van der Waals surface area (Å²) < 4.78 is 28.9. The van der Waals surface area contributed by atoms with Crippen LogP contribution < -0.4 is 9.62 Å². The summed E-state index contributed by atoms with van der Waals surface area (Å²) in [5, 5.41) is 2.91. The molecule has 208 valence electrons. The van der Waals surface area contributed by atoms with Gasteiger partial charge >= 0.3 is 0 Å². The maximum absolute atomic E-state index is 13.9. The van der Waals surface area contributed by atoms with Crippen LogP contribution in [0.25, 0.3) is 0 Å². The van der Waals surface area contributed by atoms with E-state index in [0.717, 1.165) is 33.8 Å². The summed E-state index contributed by atoms with van der Waals surface area (Å²) >= 11 is 0. The Morgan fingerprint density at radius 3 is 2.18 bits per heavy atom. The summed E-state index contributed by atoms with van der Waals surface area (Å²) in [5.41, 5.74) is 3.11. The van der Waals surface area contributed by atoms with Crippen LogP contribution in [0.1, 0.15) is 43.4 Å². The number of carbonyl (C=O) groups is 2. The number of hydrogen-bond donors (Lipinski definition) is 1. The normalized spacial score (nSPS) is 12.0. The maximum atomic E-state index is 13.9. The minimum absolute atomic E-state index is 0.102. The monoisotopic (exact) mass is 549 g/mol. The molecule has 7 nitrogen and oxygen atoms in total. The number of aryl methyl sites for hydroxylation is 2. The molecule has 1 N–H and O–H groups in total. The van der Waals surface area contributed by atoms with Gasteiger partial charge in [-0.05, 0) is 62.9 Å². The first-order valence-electron chi connectivity index (χ1n) is 13.4. The third-order valence-electron chi connectivity index (χ3n) is 6.75. The number of carbonyl (C=O) groups excluding carboxylic acids is 2. The highest BCUT2D eigenvalue weighted by atomic mass is 32.2. The van der Waals surface area contributed by atoms with Crippen molar-refractivity contribution >= 4 is 27.5 Å². The molecule has 0 aliphatic rings. The third-order valence-corrected chi connectivity index (χ3v) is 8.53. The van der Waals surface area contributed by atoms with Gasteiger partial charge in [0.05, 0.1) is 10.6 Å². The minimum atomic E-state index is -4.07. The van der Waals surface area contributed by atoms with Crippen LogP contribution in [0.2, 0.25) is 0 Å². The highest BCUT2D eigenvalue weighted by Gasteiger charge is 2.32. The molecule has 0 saturated carbocycles. The van der Waals surface area contributed by atoms with Gasteiger partial charge < -0.3 is 10.2 Å². The molecule has 1 unspecified atom stereocenters. The van der Waals surface area contributed by atoms with Gasteiger partial charge in [0.1, 0.15) is 12.6 Å². The van der Waals surface area contributed by atoms with E-state index in [4.69, 9.17) is 0 Å². The Morgan fingerprint density at radius 2 is 1.54 bits per heavy atom. The molecular formula is C31H39N3O4S. The van der Waals surface area contributed by atoms with Gasteiger partial charge in [0.25, 0.3) is 10.0 Å². The van der Waals surface area contributed by atoms with E-state index < -0.39 is 28.5 Å². The lowest BCUT2D eigenvalue weighted by atomic mass is 10.1. The van der Waals surface area contributed by atoms with E-state index in [2.05, 4.69) is 5.32 Å². The number of hydrogen-bond acceptors (Lipinski definition) is 4. The average Bonchev–Trinajstić information content (AvgIpc) is 2.93. The fraction of sp³-hybridized carbons (Fsp3) is 0.355. The van der Waals surface area contributed by atoms with E-state index in [9.17, 15) is 18.0 Å². The lowest BCUT2D eigenvalue weighted by molar-refractivity contribution is -0.138. The topological polar surface area (TPSA) is 86.8 Å². The van der Waals surface area contributed by atoms with Gasteiger partial charge in [-0.25, -0.2) is 8.42 Å². The van der Waals surface area contributed by atoms with Crippen molar-refractivity contribution in [2.24, 2.45) is 0 Å². The van der Waals surface area contributed by atoms with E-state index in [1.807, 2.05) is 63.2 Å². The number of anilines is 1. The predicted octanol–water partition coefficient (Wildman–Crippen LogP) is 4.87. The Balaban J connectivity index is 1.96. The van der Waals surface area contributed by atoms with E-state index in [1.54, 1.807) is 43.3 Å². The zero-order valence-electron chi connectivity index (χ0n) is 23.3. The molecule has 0 aromatic heterocycles. The number of benzene rings is 3. The first-order chi connectivity index (χ1) is 18.6. The van der Waals surface area contributed by atoms with Crippen LogP contribution in [0, 0.1) is 13.8 Å². The summed E-state index contributed by atoms with van der Waals surface area (Å²) in [4.78, 5) is 28.5. The summed E-state index contributed by atoms with van der Waals surface area (Å²) in [6.07, 6.45) is 2.31. The Hall–Kier alpha value is -3.65. The fourth-order valence-corrected chi connectivity index (χ4v) is 5.78. The number of nitrogens with one attached hydrogen (secondary N) is 1. The molecule has 3 rings (SSSR count). The maximum Gasteiger partial charge on any atom is 0.264 e. The molecule has 0 bridgehead atoms. The van der Waals surface area contributed by atoms with Crippen molar-refractivity contribution in [3.63, 3.8) is 0 Å². The standard InChI is InChI=1S/C31H39N3O4S/c1-5-6-21-32-31(36)26(4)33(22-20-27-13-8-7-9-14-27)30(35)23-34(29-15-11-10-12-25(29)3)39(37,38)28-18-16-24(2)17-19-28/h7-19,26H,5-6,20-23H2,1-4H3,(H,32,36). The van der Waals surface area contributed by atoms with Crippen molar-refractivity contribution in [1.82, 2.24) is 10.2 Å². The molecule has 0 fully saturated rings. The number of nitrogens with zero attached hydrogens (tertiary/aromatic N) is 2. The molecular weight excluding hydrogens is 510 g/mol. The second kappa shape index (κ2) is 13.9. The van der Waals surface area contributed by atoms with Crippen molar-refractivity contribution < 1.29 is 18.0 Å². The number of rotatable bonds is 13. The van der Waals surface area contributed by atoms with Crippen LogP contribution >= 0.6 is 0 Å². The first kappa shape index (κ1) is 29.9. The number of amides is 2. The number of para-hydroxylation sites is 1. The van der Waals surface area contributed by atoms with Crippen molar-refractivity contribution in [1.29, 1.82) is 0 Å². The van der Waals surface area contributed by atoms with Crippen molar-refractivity contribution in [2.75, 3.05) is 23.9 Å². The van der Waals surface area contributed by atoms with Gasteiger partial charge in [0.15, 0.2) is 0 Å². The van der Waals surface area contributed by atoms with Crippen LogP contribution in [0.5, 0.6) is 0 Å². The van der Waals surface area contributed by atoms with Gasteiger partial charge in [0, 0.05) is 13.1 Å². The number of sulfonamides is 1. The molecule has 8 heteroatoms. The van der Waals surface area contributed by atoms with E-state index in [-0.39, 0.29) is 17.3 Å². The smallest absolute Gasteiger partial charge is 0.264 e. The highest BCUT2D eigenvalue weighted by molar-refractivity contribution is 7.92. The van der Waals surface area contributed by atoms with Gasteiger partial charge in [-0.2, -0.15) is 0 Å². The second-order valence-corrected chi connectivity index (χ2v) is 11.6. The van der Waals surface area contributed by atoms with E-state index >= 15 is 0 Å². The fourth-order valence-electron chi connectivity index (χ4n) is 4.30. The molecule has 1 atom stereocenters. The zero-order valence-corrected chi connectivity index (χ0v) is 24.1. The SMILES string of the molecule is CCCCNC(=O)C(C)N(CCc1ccccc1)C(=O)CN(c1ccccc1C)S(=O)(=O)c1ccc(C)cc1. The van der Waals surface area contributed by atoms with Crippen molar-refractivity contribution in [2.45, 2.75) is 57.9 Å². The van der Waals surface area contributed by atoms with Gasteiger partial charge in [0.2, 0.25) is 11.8 Å². The summed E-state index contributed by atoms with van der Waals surface area (Å²) in [5.74, 6) is -0.697. The molecule has 3 aromatic carbocycles. The van der Waals surface area contributed by atoms with Gasteiger partial charge in [-0.3, -0.25) is 13.9 Å². The van der Waals surface area contributed by atoms with Crippen LogP contribution in [-0.2, 0) is 26.0 Å². The highest BCUT2D eigenvalue weighted by Crippen LogP contribution is 2.27. The molecule has 3 aromatic rings. The lowest BCUT2D eigenvalue weighted by Crippen LogP contribution is -2.52. The molecule has 0 radical (unpaired) electrons. The van der Waals surface area contributed by atoms with E-state index in [1.165, 1.54) is 4.90 Å². The Morgan fingerprint density at radius 1 is 0.897 bits per heavy atom. The molecule has 2 amide bonds. The Bertz CT molecular complexity index is 1340. The first-order valence-corrected chi connectivity index (χ1v) is 14.8. The molecule has 39 heavy (non-hydrogen) atoms. The molecule has 0 heterocycles. The quantitative estimate of drug-likeness (QED) is 0.308. The lowest BCUT2D eigenvalue weighted by Gasteiger charge is -2.32. The minimum Gasteiger partial charge on any atom is -0.354 e. The zero-order chi connectivity index (χ0) is 28.4.